The average Bonchev–Trinajstić information content (AvgIpc) is 3.06. The highest BCUT2D eigenvalue weighted by atomic mass is 16.5. The van der Waals surface area contributed by atoms with E-state index in [-0.39, 0.29) is 11.9 Å². The number of rotatable bonds is 5. The molecule has 1 aromatic carbocycles. The molecular formula is C17H22N4O3. The number of carbonyl (C=O) groups excluding carboxylic acids is 1. The highest BCUT2D eigenvalue weighted by molar-refractivity contribution is 6.00. The summed E-state index contributed by atoms with van der Waals surface area (Å²) in [5.41, 5.74) is 1.57. The smallest absolute Gasteiger partial charge is 0.254 e. The minimum absolute atomic E-state index is 0.139. The predicted molar refractivity (Wildman–Crippen MR) is 89.0 cm³/mol. The van der Waals surface area contributed by atoms with Gasteiger partial charge in [-0.15, -0.1) is 0 Å². The molecule has 2 aromatic rings. The van der Waals surface area contributed by atoms with Gasteiger partial charge in [-0.1, -0.05) is 24.2 Å². The molecule has 0 aliphatic carbocycles. The Balaban J connectivity index is 1.79. The summed E-state index contributed by atoms with van der Waals surface area (Å²) in [6.07, 6.45) is 0.674. The molecule has 1 amide bonds. The van der Waals surface area contributed by atoms with Gasteiger partial charge in [0.1, 0.15) is 6.04 Å². The zero-order valence-corrected chi connectivity index (χ0v) is 14.0. The van der Waals surface area contributed by atoms with Crippen molar-refractivity contribution < 1.29 is 14.1 Å². The maximum Gasteiger partial charge on any atom is 0.254 e. The number of aromatic nitrogens is 2. The van der Waals surface area contributed by atoms with Gasteiger partial charge in [-0.3, -0.25) is 4.79 Å². The lowest BCUT2D eigenvalue weighted by Crippen LogP contribution is -2.38. The van der Waals surface area contributed by atoms with Crippen LogP contribution in [0.4, 0.5) is 5.69 Å². The van der Waals surface area contributed by atoms with Crippen LogP contribution >= 0.6 is 0 Å². The molecule has 0 saturated carbocycles. The Hall–Kier alpha value is -2.41. The molecule has 1 N–H and O–H groups in total. The fraction of sp³-hybridized carbons (Fsp3) is 0.471. The van der Waals surface area contributed by atoms with E-state index in [2.05, 4.69) is 20.4 Å². The van der Waals surface area contributed by atoms with Gasteiger partial charge in [0.25, 0.3) is 5.91 Å². The molecule has 1 atom stereocenters. The number of nitrogens with one attached hydrogen (secondary N) is 1. The standard InChI is InChI=1S/C17H22N4O3/c1-3-14(17-18-12(2)20-24-17)19-16(22)13-6-4-5-7-15(13)21-8-10-23-11-9-21/h4-7,14H,3,8-11H2,1-2H3,(H,19,22). The zero-order valence-electron chi connectivity index (χ0n) is 14.0. The van der Waals surface area contributed by atoms with E-state index < -0.39 is 0 Å². The van der Waals surface area contributed by atoms with Gasteiger partial charge >= 0.3 is 0 Å². The third kappa shape index (κ3) is 3.56. The number of carbonyl (C=O) groups is 1. The van der Waals surface area contributed by atoms with Gasteiger partial charge in [0.2, 0.25) is 5.89 Å². The number of nitrogens with zero attached hydrogens (tertiary/aromatic N) is 3. The fourth-order valence-corrected chi connectivity index (χ4v) is 2.77. The predicted octanol–water partition coefficient (Wildman–Crippen LogP) is 2.10. The van der Waals surface area contributed by atoms with Crippen molar-refractivity contribution >= 4 is 11.6 Å². The second-order valence-electron chi connectivity index (χ2n) is 5.73. The van der Waals surface area contributed by atoms with Crippen molar-refractivity contribution in [2.45, 2.75) is 26.3 Å². The van der Waals surface area contributed by atoms with Crippen LogP contribution in [0.25, 0.3) is 0 Å². The van der Waals surface area contributed by atoms with Crippen molar-refractivity contribution in [3.8, 4) is 0 Å². The number of para-hydroxylation sites is 1. The van der Waals surface area contributed by atoms with Gasteiger partial charge in [0, 0.05) is 18.8 Å². The van der Waals surface area contributed by atoms with Crippen LogP contribution in [0.3, 0.4) is 0 Å². The molecule has 1 saturated heterocycles. The number of anilines is 1. The Kier molecular flexibility index (Phi) is 5.10. The molecule has 128 valence electrons. The van der Waals surface area contributed by atoms with E-state index in [0.29, 0.717) is 36.9 Å². The number of aryl methyl sites for hydroxylation is 1. The molecule has 1 aromatic heterocycles. The second kappa shape index (κ2) is 7.44. The first-order chi connectivity index (χ1) is 11.7. The Bertz CT molecular complexity index is 695. The highest BCUT2D eigenvalue weighted by Gasteiger charge is 2.23. The van der Waals surface area contributed by atoms with E-state index >= 15 is 0 Å². The van der Waals surface area contributed by atoms with Crippen molar-refractivity contribution in [3.63, 3.8) is 0 Å². The van der Waals surface area contributed by atoms with E-state index in [1.165, 1.54) is 0 Å². The Morgan fingerprint density at radius 1 is 1.33 bits per heavy atom. The van der Waals surface area contributed by atoms with Crippen LogP contribution in [0.15, 0.2) is 28.8 Å². The minimum atomic E-state index is -0.295. The summed E-state index contributed by atoms with van der Waals surface area (Å²) >= 11 is 0. The molecular weight excluding hydrogens is 308 g/mol. The number of hydrogen-bond donors (Lipinski definition) is 1. The van der Waals surface area contributed by atoms with Gasteiger partial charge in [-0.2, -0.15) is 4.98 Å². The summed E-state index contributed by atoms with van der Waals surface area (Å²) in [7, 11) is 0. The number of ether oxygens (including phenoxy) is 1. The van der Waals surface area contributed by atoms with E-state index in [0.717, 1.165) is 18.8 Å². The molecule has 7 nitrogen and oxygen atoms in total. The maximum atomic E-state index is 12.8. The number of hydrogen-bond acceptors (Lipinski definition) is 6. The van der Waals surface area contributed by atoms with E-state index in [1.54, 1.807) is 6.92 Å². The van der Waals surface area contributed by atoms with Crippen molar-refractivity contribution in [2.24, 2.45) is 0 Å². The lowest BCUT2D eigenvalue weighted by molar-refractivity contribution is 0.0925. The quantitative estimate of drug-likeness (QED) is 0.904. The normalized spacial score (nSPS) is 16.0. The van der Waals surface area contributed by atoms with Gasteiger partial charge in [-0.25, -0.2) is 0 Å². The van der Waals surface area contributed by atoms with Crippen LogP contribution in [0.1, 0.15) is 41.5 Å². The maximum absolute atomic E-state index is 12.8. The van der Waals surface area contributed by atoms with Gasteiger partial charge in [0.15, 0.2) is 5.82 Å². The lowest BCUT2D eigenvalue weighted by Gasteiger charge is -2.30. The number of amides is 1. The van der Waals surface area contributed by atoms with Crippen LogP contribution in [-0.2, 0) is 4.74 Å². The molecule has 0 radical (unpaired) electrons. The SMILES string of the molecule is CCC(NC(=O)c1ccccc1N1CCOCC1)c1nc(C)no1. The summed E-state index contributed by atoms with van der Waals surface area (Å²) < 4.78 is 10.6. The van der Waals surface area contributed by atoms with Crippen LogP contribution in [-0.4, -0.2) is 42.4 Å². The van der Waals surface area contributed by atoms with Gasteiger partial charge in [-0.05, 0) is 25.5 Å². The molecule has 24 heavy (non-hydrogen) atoms. The molecule has 7 heteroatoms. The Morgan fingerprint density at radius 2 is 2.08 bits per heavy atom. The number of benzene rings is 1. The van der Waals surface area contributed by atoms with Crippen LogP contribution in [0.5, 0.6) is 0 Å². The highest BCUT2D eigenvalue weighted by Crippen LogP contribution is 2.23. The molecule has 2 heterocycles. The Morgan fingerprint density at radius 3 is 2.75 bits per heavy atom. The van der Waals surface area contributed by atoms with E-state index in [9.17, 15) is 4.79 Å². The summed E-state index contributed by atoms with van der Waals surface area (Å²) in [5.74, 6) is 0.860. The van der Waals surface area contributed by atoms with Gasteiger partial charge < -0.3 is 19.5 Å². The van der Waals surface area contributed by atoms with Crippen LogP contribution in [0.2, 0.25) is 0 Å². The van der Waals surface area contributed by atoms with Crippen molar-refractivity contribution in [3.05, 3.63) is 41.5 Å². The van der Waals surface area contributed by atoms with Crippen molar-refractivity contribution in [1.82, 2.24) is 15.5 Å². The summed E-state index contributed by atoms with van der Waals surface area (Å²) in [6, 6.07) is 7.33. The van der Waals surface area contributed by atoms with Gasteiger partial charge in [0.05, 0.1) is 18.8 Å². The summed E-state index contributed by atoms with van der Waals surface area (Å²) in [5, 5.41) is 6.80. The van der Waals surface area contributed by atoms with E-state index in [4.69, 9.17) is 9.26 Å². The molecule has 1 aliphatic heterocycles. The largest absolute Gasteiger partial charge is 0.378 e. The molecule has 1 unspecified atom stereocenters. The van der Waals surface area contributed by atoms with E-state index in [1.807, 2.05) is 31.2 Å². The Labute approximate surface area is 141 Å². The zero-order chi connectivity index (χ0) is 16.9. The van der Waals surface area contributed by atoms with Crippen molar-refractivity contribution in [2.75, 3.05) is 31.2 Å². The van der Waals surface area contributed by atoms with Crippen LogP contribution < -0.4 is 10.2 Å². The lowest BCUT2D eigenvalue weighted by atomic mass is 10.1. The number of morpholine rings is 1. The fourth-order valence-electron chi connectivity index (χ4n) is 2.77. The first kappa shape index (κ1) is 16.4. The average molecular weight is 330 g/mol. The topological polar surface area (TPSA) is 80.5 Å². The third-order valence-electron chi connectivity index (χ3n) is 4.06. The first-order valence-corrected chi connectivity index (χ1v) is 8.22. The summed E-state index contributed by atoms with van der Waals surface area (Å²) in [4.78, 5) is 19.2. The second-order valence-corrected chi connectivity index (χ2v) is 5.73. The molecule has 0 bridgehead atoms. The van der Waals surface area contributed by atoms with Crippen LogP contribution in [0, 0.1) is 6.92 Å². The first-order valence-electron chi connectivity index (χ1n) is 8.22. The third-order valence-corrected chi connectivity index (χ3v) is 4.06. The molecule has 3 rings (SSSR count). The monoisotopic (exact) mass is 330 g/mol. The molecule has 0 spiro atoms. The molecule has 1 fully saturated rings. The molecule has 1 aliphatic rings. The minimum Gasteiger partial charge on any atom is -0.378 e. The van der Waals surface area contributed by atoms with Crippen molar-refractivity contribution in [1.29, 1.82) is 0 Å². The summed E-state index contributed by atoms with van der Waals surface area (Å²) in [6.45, 7) is 6.64.